The Morgan fingerprint density at radius 3 is 2.23 bits per heavy atom. The van der Waals surface area contributed by atoms with Crippen LogP contribution in [-0.4, -0.2) is 63.3 Å². The Morgan fingerprint density at radius 1 is 1.00 bits per heavy atom. The zero-order valence-corrected chi connectivity index (χ0v) is 13.8. The fourth-order valence-electron chi connectivity index (χ4n) is 2.09. The fourth-order valence-corrected chi connectivity index (χ4v) is 2.09. The maximum atomic E-state index is 6.08. The van der Waals surface area contributed by atoms with E-state index >= 15 is 0 Å². The molecule has 0 fully saturated rings. The summed E-state index contributed by atoms with van der Waals surface area (Å²) in [5.74, 6) is 2.26. The topological polar surface area (TPSA) is 76.7 Å². The monoisotopic (exact) mass is 305 g/mol. The molecular formula is C15H23N5O2. The van der Waals surface area contributed by atoms with Gasteiger partial charge in [0.05, 0.1) is 19.7 Å². The summed E-state index contributed by atoms with van der Waals surface area (Å²) in [6.07, 6.45) is 0. The van der Waals surface area contributed by atoms with Crippen molar-refractivity contribution in [2.24, 2.45) is 0 Å². The third-order valence-electron chi connectivity index (χ3n) is 3.44. The molecule has 0 bridgehead atoms. The number of ether oxygens (including phenoxy) is 2. The Morgan fingerprint density at radius 2 is 1.64 bits per heavy atom. The van der Waals surface area contributed by atoms with Crippen molar-refractivity contribution in [3.05, 3.63) is 12.1 Å². The van der Waals surface area contributed by atoms with Crippen LogP contribution in [0.25, 0.3) is 10.9 Å². The van der Waals surface area contributed by atoms with Gasteiger partial charge in [-0.15, -0.1) is 0 Å². The van der Waals surface area contributed by atoms with Crippen LogP contribution in [0.2, 0.25) is 0 Å². The number of nitrogens with two attached hydrogens (primary N) is 1. The number of hydrogen-bond donors (Lipinski definition) is 1. The lowest BCUT2D eigenvalue weighted by Crippen LogP contribution is -2.29. The van der Waals surface area contributed by atoms with Crippen LogP contribution in [0.3, 0.4) is 0 Å². The molecule has 7 nitrogen and oxygen atoms in total. The van der Waals surface area contributed by atoms with Crippen LogP contribution in [0, 0.1) is 0 Å². The summed E-state index contributed by atoms with van der Waals surface area (Å²) in [4.78, 5) is 13.1. The summed E-state index contributed by atoms with van der Waals surface area (Å²) in [6.45, 7) is 1.72. The van der Waals surface area contributed by atoms with Gasteiger partial charge in [0.25, 0.3) is 0 Å². The molecule has 0 aliphatic rings. The van der Waals surface area contributed by atoms with Crippen LogP contribution >= 0.6 is 0 Å². The van der Waals surface area contributed by atoms with E-state index in [0.29, 0.717) is 23.3 Å². The average Bonchev–Trinajstić information content (AvgIpc) is 2.51. The number of nitrogens with zero attached hydrogens (tertiary/aromatic N) is 4. The molecule has 0 unspecified atom stereocenters. The van der Waals surface area contributed by atoms with Gasteiger partial charge < -0.3 is 25.0 Å². The normalized spacial score (nSPS) is 11.0. The molecule has 1 aromatic carbocycles. The minimum absolute atomic E-state index is 0.428. The third kappa shape index (κ3) is 3.30. The molecule has 2 N–H and O–H groups in total. The highest BCUT2D eigenvalue weighted by atomic mass is 16.5. The van der Waals surface area contributed by atoms with E-state index in [1.165, 1.54) is 0 Å². The Bertz CT molecular complexity index is 660. The van der Waals surface area contributed by atoms with Gasteiger partial charge in [0, 0.05) is 31.6 Å². The Balaban J connectivity index is 2.43. The standard InChI is InChI=1S/C15H23N5O2/c1-19(2)6-7-20(3)15-17-11-9-13(22-5)12(21-4)8-10(11)14(16)18-15/h8-9H,6-7H2,1-5H3,(H2,16,17,18). The Hall–Kier alpha value is -2.28. The van der Waals surface area contributed by atoms with E-state index in [9.17, 15) is 0 Å². The fraction of sp³-hybridized carbons (Fsp3) is 0.467. The molecule has 0 saturated heterocycles. The van der Waals surface area contributed by atoms with Gasteiger partial charge in [-0.1, -0.05) is 0 Å². The predicted octanol–water partition coefficient (Wildman–Crippen LogP) is 1.23. The second-order valence-corrected chi connectivity index (χ2v) is 5.36. The van der Waals surface area contributed by atoms with Gasteiger partial charge in [0.2, 0.25) is 5.95 Å². The molecule has 22 heavy (non-hydrogen) atoms. The second kappa shape index (κ2) is 6.65. The van der Waals surface area contributed by atoms with Gasteiger partial charge in [0.1, 0.15) is 5.82 Å². The summed E-state index contributed by atoms with van der Waals surface area (Å²) in [6, 6.07) is 3.61. The molecule has 0 aliphatic carbocycles. The van der Waals surface area contributed by atoms with E-state index in [0.717, 1.165) is 24.0 Å². The number of benzene rings is 1. The first-order chi connectivity index (χ1) is 10.5. The SMILES string of the molecule is COc1cc2nc(N(C)CCN(C)C)nc(N)c2cc1OC. The summed E-state index contributed by atoms with van der Waals surface area (Å²) in [5.41, 5.74) is 6.81. The number of rotatable bonds is 6. The number of hydrogen-bond acceptors (Lipinski definition) is 7. The lowest BCUT2D eigenvalue weighted by Gasteiger charge is -2.20. The molecule has 7 heteroatoms. The third-order valence-corrected chi connectivity index (χ3v) is 3.44. The zero-order chi connectivity index (χ0) is 16.3. The smallest absolute Gasteiger partial charge is 0.227 e. The maximum Gasteiger partial charge on any atom is 0.227 e. The van der Waals surface area contributed by atoms with E-state index in [2.05, 4.69) is 14.9 Å². The minimum Gasteiger partial charge on any atom is -0.493 e. The molecular weight excluding hydrogens is 282 g/mol. The summed E-state index contributed by atoms with van der Waals surface area (Å²) >= 11 is 0. The Labute approximate surface area is 130 Å². The molecule has 0 radical (unpaired) electrons. The summed E-state index contributed by atoms with van der Waals surface area (Å²) in [5, 5.41) is 0.752. The van der Waals surface area contributed by atoms with E-state index < -0.39 is 0 Å². The van der Waals surface area contributed by atoms with Gasteiger partial charge in [-0.25, -0.2) is 4.98 Å². The van der Waals surface area contributed by atoms with Gasteiger partial charge >= 0.3 is 0 Å². The van der Waals surface area contributed by atoms with Crippen molar-refractivity contribution in [1.29, 1.82) is 0 Å². The Kier molecular flexibility index (Phi) is 4.87. The van der Waals surface area contributed by atoms with Crippen LogP contribution in [-0.2, 0) is 0 Å². The molecule has 0 aliphatic heterocycles. The van der Waals surface area contributed by atoms with E-state index in [1.54, 1.807) is 20.3 Å². The minimum atomic E-state index is 0.428. The van der Waals surface area contributed by atoms with Crippen molar-refractivity contribution in [3.8, 4) is 11.5 Å². The molecule has 0 atom stereocenters. The lowest BCUT2D eigenvalue weighted by atomic mass is 10.2. The number of anilines is 2. The number of nitrogen functional groups attached to an aromatic ring is 1. The first-order valence-corrected chi connectivity index (χ1v) is 7.01. The van der Waals surface area contributed by atoms with Crippen molar-refractivity contribution >= 4 is 22.7 Å². The molecule has 1 heterocycles. The van der Waals surface area contributed by atoms with Gasteiger partial charge in [-0.3, -0.25) is 0 Å². The number of methoxy groups -OCH3 is 2. The number of aromatic nitrogens is 2. The average molecular weight is 305 g/mol. The first kappa shape index (κ1) is 16.1. The van der Waals surface area contributed by atoms with Crippen LogP contribution in [0.15, 0.2) is 12.1 Å². The first-order valence-electron chi connectivity index (χ1n) is 7.01. The quantitative estimate of drug-likeness (QED) is 0.860. The van der Waals surface area contributed by atoms with E-state index in [4.69, 9.17) is 15.2 Å². The van der Waals surface area contributed by atoms with Gasteiger partial charge in [0.15, 0.2) is 11.5 Å². The molecule has 0 amide bonds. The van der Waals surface area contributed by atoms with Crippen molar-refractivity contribution in [2.45, 2.75) is 0 Å². The number of fused-ring (bicyclic) bond motifs is 1. The van der Waals surface area contributed by atoms with Crippen LogP contribution in [0.5, 0.6) is 11.5 Å². The lowest BCUT2D eigenvalue weighted by molar-refractivity contribution is 0.356. The molecule has 2 rings (SSSR count). The van der Waals surface area contributed by atoms with Gasteiger partial charge in [-0.05, 0) is 20.2 Å². The van der Waals surface area contributed by atoms with E-state index in [1.807, 2.05) is 32.1 Å². The highest BCUT2D eigenvalue weighted by molar-refractivity contribution is 5.91. The van der Waals surface area contributed by atoms with Crippen LogP contribution < -0.4 is 20.1 Å². The van der Waals surface area contributed by atoms with Crippen molar-refractivity contribution in [1.82, 2.24) is 14.9 Å². The summed E-state index contributed by atoms with van der Waals surface area (Å²) < 4.78 is 10.6. The van der Waals surface area contributed by atoms with Gasteiger partial charge in [-0.2, -0.15) is 4.98 Å². The van der Waals surface area contributed by atoms with Crippen LogP contribution in [0.4, 0.5) is 11.8 Å². The highest BCUT2D eigenvalue weighted by Gasteiger charge is 2.13. The predicted molar refractivity (Wildman–Crippen MR) is 88.9 cm³/mol. The van der Waals surface area contributed by atoms with Crippen molar-refractivity contribution in [2.75, 3.05) is 59.1 Å². The van der Waals surface area contributed by atoms with Crippen molar-refractivity contribution in [3.63, 3.8) is 0 Å². The molecule has 0 spiro atoms. The second-order valence-electron chi connectivity index (χ2n) is 5.36. The molecule has 2 aromatic rings. The largest absolute Gasteiger partial charge is 0.493 e. The molecule has 1 aromatic heterocycles. The highest BCUT2D eigenvalue weighted by Crippen LogP contribution is 2.33. The van der Waals surface area contributed by atoms with Crippen molar-refractivity contribution < 1.29 is 9.47 Å². The maximum absolute atomic E-state index is 6.08. The molecule has 120 valence electrons. The summed E-state index contributed by atoms with van der Waals surface area (Å²) in [7, 11) is 9.19. The van der Waals surface area contributed by atoms with Crippen LogP contribution in [0.1, 0.15) is 0 Å². The number of likely N-dealkylation sites (N-methyl/N-ethyl adjacent to an activating group) is 2. The zero-order valence-electron chi connectivity index (χ0n) is 13.8. The van der Waals surface area contributed by atoms with E-state index in [-0.39, 0.29) is 0 Å². The molecule has 0 saturated carbocycles.